The molecule has 0 radical (unpaired) electrons. The smallest absolute Gasteiger partial charge is 0.0589 e. The Balaban J connectivity index is 3.94. The van der Waals surface area contributed by atoms with Crippen LogP contribution in [0.2, 0.25) is 0 Å². The maximum Gasteiger partial charge on any atom is 0.0589 e. The summed E-state index contributed by atoms with van der Waals surface area (Å²) in [5.74, 6) is 0. The van der Waals surface area contributed by atoms with E-state index >= 15 is 0 Å². The first kappa shape index (κ1) is 14.4. The van der Waals surface area contributed by atoms with Crippen molar-refractivity contribution in [1.82, 2.24) is 4.90 Å². The molecule has 0 aromatic rings. The number of aliphatic hydroxyl groups is 1. The van der Waals surface area contributed by atoms with Crippen LogP contribution in [0.4, 0.5) is 0 Å². The summed E-state index contributed by atoms with van der Waals surface area (Å²) >= 11 is 3.50. The van der Waals surface area contributed by atoms with Crippen LogP contribution in [0.1, 0.15) is 13.8 Å². The second kappa shape index (κ2) is 7.63. The number of methoxy groups -OCH3 is 1. The Bertz CT molecular complexity index is 142. The van der Waals surface area contributed by atoms with Crippen LogP contribution in [-0.2, 0) is 4.74 Å². The number of ether oxygens (including phenoxy) is 1. The standard InChI is InChI=1S/C10H22BrNO2/c1-10(2,8-11)9-12(4-6-13)5-7-14-3/h13H,4-9H2,1-3H3. The third-order valence-corrected chi connectivity index (χ3v) is 3.56. The fourth-order valence-corrected chi connectivity index (χ4v) is 1.46. The minimum absolute atomic E-state index is 0.210. The van der Waals surface area contributed by atoms with Crippen molar-refractivity contribution in [2.45, 2.75) is 13.8 Å². The van der Waals surface area contributed by atoms with E-state index < -0.39 is 0 Å². The zero-order valence-corrected chi connectivity index (χ0v) is 11.0. The fourth-order valence-electron chi connectivity index (χ4n) is 1.28. The molecule has 14 heavy (non-hydrogen) atoms. The molecule has 0 aliphatic heterocycles. The Morgan fingerprint density at radius 1 is 1.36 bits per heavy atom. The van der Waals surface area contributed by atoms with E-state index in [4.69, 9.17) is 9.84 Å². The Morgan fingerprint density at radius 2 is 2.00 bits per heavy atom. The molecule has 4 heteroatoms. The van der Waals surface area contributed by atoms with Crippen molar-refractivity contribution in [2.24, 2.45) is 5.41 Å². The molecule has 0 aliphatic rings. The predicted molar refractivity (Wildman–Crippen MR) is 63.0 cm³/mol. The lowest BCUT2D eigenvalue weighted by molar-refractivity contribution is 0.108. The third-order valence-electron chi connectivity index (χ3n) is 2.04. The highest BCUT2D eigenvalue weighted by Crippen LogP contribution is 2.19. The summed E-state index contributed by atoms with van der Waals surface area (Å²) < 4.78 is 5.03. The molecule has 0 saturated carbocycles. The monoisotopic (exact) mass is 267 g/mol. The summed E-state index contributed by atoms with van der Waals surface area (Å²) in [6, 6.07) is 0. The molecule has 0 spiro atoms. The minimum atomic E-state index is 0.210. The number of aliphatic hydroxyl groups excluding tert-OH is 1. The molecule has 0 aromatic heterocycles. The van der Waals surface area contributed by atoms with Gasteiger partial charge in [-0.3, -0.25) is 4.90 Å². The zero-order valence-electron chi connectivity index (χ0n) is 9.42. The number of hydrogen-bond acceptors (Lipinski definition) is 3. The summed E-state index contributed by atoms with van der Waals surface area (Å²) in [4.78, 5) is 2.23. The first-order valence-electron chi connectivity index (χ1n) is 4.94. The van der Waals surface area contributed by atoms with E-state index in [0.717, 1.165) is 31.6 Å². The van der Waals surface area contributed by atoms with E-state index in [1.54, 1.807) is 7.11 Å². The molecule has 0 fully saturated rings. The van der Waals surface area contributed by atoms with Gasteiger partial charge in [-0.25, -0.2) is 0 Å². The molecule has 0 heterocycles. The molecular formula is C10H22BrNO2. The normalized spacial score (nSPS) is 12.4. The van der Waals surface area contributed by atoms with Crippen molar-refractivity contribution in [3.63, 3.8) is 0 Å². The van der Waals surface area contributed by atoms with Gasteiger partial charge in [0.1, 0.15) is 0 Å². The van der Waals surface area contributed by atoms with E-state index in [-0.39, 0.29) is 12.0 Å². The van der Waals surface area contributed by atoms with Gasteiger partial charge in [0, 0.05) is 32.1 Å². The second-order valence-electron chi connectivity index (χ2n) is 4.29. The van der Waals surface area contributed by atoms with Gasteiger partial charge in [0.2, 0.25) is 0 Å². The molecular weight excluding hydrogens is 246 g/mol. The van der Waals surface area contributed by atoms with Gasteiger partial charge in [-0.2, -0.15) is 0 Å². The van der Waals surface area contributed by atoms with E-state index in [2.05, 4.69) is 34.7 Å². The zero-order chi connectivity index (χ0) is 11.0. The average Bonchev–Trinajstić information content (AvgIpc) is 2.14. The summed E-state index contributed by atoms with van der Waals surface area (Å²) in [6.45, 7) is 7.92. The van der Waals surface area contributed by atoms with Crippen molar-refractivity contribution >= 4 is 15.9 Å². The van der Waals surface area contributed by atoms with Crippen molar-refractivity contribution in [3.05, 3.63) is 0 Å². The first-order valence-corrected chi connectivity index (χ1v) is 6.06. The lowest BCUT2D eigenvalue weighted by Gasteiger charge is -2.30. The SMILES string of the molecule is COCCN(CCO)CC(C)(C)CBr. The number of halogens is 1. The van der Waals surface area contributed by atoms with Crippen LogP contribution in [-0.4, -0.2) is 55.3 Å². The topological polar surface area (TPSA) is 32.7 Å². The van der Waals surface area contributed by atoms with E-state index in [9.17, 15) is 0 Å². The Hall–Kier alpha value is 0.360. The van der Waals surface area contributed by atoms with Crippen LogP contribution in [0.5, 0.6) is 0 Å². The Morgan fingerprint density at radius 3 is 2.43 bits per heavy atom. The largest absolute Gasteiger partial charge is 0.395 e. The molecule has 0 atom stereocenters. The van der Waals surface area contributed by atoms with Crippen LogP contribution in [0, 0.1) is 5.41 Å². The molecule has 3 nitrogen and oxygen atoms in total. The van der Waals surface area contributed by atoms with E-state index in [0.29, 0.717) is 0 Å². The van der Waals surface area contributed by atoms with Gasteiger partial charge in [-0.15, -0.1) is 0 Å². The van der Waals surface area contributed by atoms with Crippen LogP contribution in [0.3, 0.4) is 0 Å². The van der Waals surface area contributed by atoms with E-state index in [1.807, 2.05) is 0 Å². The molecule has 0 rings (SSSR count). The highest BCUT2D eigenvalue weighted by molar-refractivity contribution is 9.09. The number of rotatable bonds is 8. The van der Waals surface area contributed by atoms with Crippen molar-refractivity contribution in [3.8, 4) is 0 Å². The quantitative estimate of drug-likeness (QED) is 0.674. The van der Waals surface area contributed by atoms with Crippen LogP contribution >= 0.6 is 15.9 Å². The maximum atomic E-state index is 8.91. The maximum absolute atomic E-state index is 8.91. The van der Waals surface area contributed by atoms with Gasteiger partial charge in [0.25, 0.3) is 0 Å². The molecule has 0 amide bonds. The summed E-state index contributed by atoms with van der Waals surface area (Å²) in [7, 11) is 1.70. The van der Waals surface area contributed by atoms with Gasteiger partial charge in [0.15, 0.2) is 0 Å². The molecule has 0 unspecified atom stereocenters. The molecule has 1 N–H and O–H groups in total. The lowest BCUT2D eigenvalue weighted by atomic mass is 9.96. The molecule has 0 saturated heterocycles. The molecule has 0 aliphatic carbocycles. The van der Waals surface area contributed by atoms with Crippen LogP contribution < -0.4 is 0 Å². The lowest BCUT2D eigenvalue weighted by Crippen LogP contribution is -2.38. The summed E-state index contributed by atoms with van der Waals surface area (Å²) in [5, 5.41) is 9.88. The fraction of sp³-hybridized carbons (Fsp3) is 1.00. The summed E-state index contributed by atoms with van der Waals surface area (Å²) in [5.41, 5.74) is 0.239. The van der Waals surface area contributed by atoms with Crippen LogP contribution in [0.25, 0.3) is 0 Å². The predicted octanol–water partition coefficient (Wildman–Crippen LogP) is 1.35. The van der Waals surface area contributed by atoms with Crippen molar-refractivity contribution in [2.75, 3.05) is 45.3 Å². The van der Waals surface area contributed by atoms with Crippen LogP contribution in [0.15, 0.2) is 0 Å². The number of alkyl halides is 1. The second-order valence-corrected chi connectivity index (χ2v) is 4.85. The Labute approximate surface area is 95.6 Å². The average molecular weight is 268 g/mol. The van der Waals surface area contributed by atoms with Gasteiger partial charge in [-0.1, -0.05) is 29.8 Å². The minimum Gasteiger partial charge on any atom is -0.395 e. The molecule has 0 bridgehead atoms. The van der Waals surface area contributed by atoms with Gasteiger partial charge in [-0.05, 0) is 5.41 Å². The molecule has 0 aromatic carbocycles. The highest BCUT2D eigenvalue weighted by Gasteiger charge is 2.19. The number of nitrogens with zero attached hydrogens (tertiary/aromatic N) is 1. The number of hydrogen-bond donors (Lipinski definition) is 1. The third kappa shape index (κ3) is 6.76. The van der Waals surface area contributed by atoms with E-state index in [1.165, 1.54) is 0 Å². The van der Waals surface area contributed by atoms with Gasteiger partial charge < -0.3 is 9.84 Å². The van der Waals surface area contributed by atoms with Gasteiger partial charge in [0.05, 0.1) is 13.2 Å². The first-order chi connectivity index (χ1) is 6.55. The van der Waals surface area contributed by atoms with Crippen molar-refractivity contribution < 1.29 is 9.84 Å². The highest BCUT2D eigenvalue weighted by atomic mass is 79.9. The Kier molecular flexibility index (Phi) is 7.82. The van der Waals surface area contributed by atoms with Gasteiger partial charge >= 0.3 is 0 Å². The van der Waals surface area contributed by atoms with Crippen molar-refractivity contribution in [1.29, 1.82) is 0 Å². The molecule has 86 valence electrons. The summed E-state index contributed by atoms with van der Waals surface area (Å²) in [6.07, 6.45) is 0.